The Hall–Kier alpha value is -1.43. The van der Waals surface area contributed by atoms with Gasteiger partial charge >= 0.3 is 0 Å². The molecule has 0 amide bonds. The lowest BCUT2D eigenvalue weighted by Gasteiger charge is -2.08. The number of nitrogens with one attached hydrogen (secondary N) is 2. The Labute approximate surface area is 94.4 Å². The number of halogens is 1. The van der Waals surface area contributed by atoms with Gasteiger partial charge in [0.2, 0.25) is 5.95 Å². The van der Waals surface area contributed by atoms with Crippen molar-refractivity contribution in [2.24, 2.45) is 0 Å². The smallest absolute Gasteiger partial charge is 0.224 e. The molecule has 0 saturated carbocycles. The first kappa shape index (κ1) is 12.6. The van der Waals surface area contributed by atoms with E-state index < -0.39 is 5.82 Å². The van der Waals surface area contributed by atoms with Crippen LogP contribution in [0.15, 0.2) is 6.20 Å². The van der Waals surface area contributed by atoms with E-state index in [2.05, 4.69) is 20.6 Å². The van der Waals surface area contributed by atoms with E-state index in [-0.39, 0.29) is 5.82 Å². The van der Waals surface area contributed by atoms with Crippen molar-refractivity contribution in [3.63, 3.8) is 0 Å². The van der Waals surface area contributed by atoms with Crippen molar-refractivity contribution in [1.29, 1.82) is 0 Å². The summed E-state index contributed by atoms with van der Waals surface area (Å²) in [7, 11) is 0. The number of nitrogens with zero attached hydrogens (tertiary/aromatic N) is 2. The highest BCUT2D eigenvalue weighted by atomic mass is 19.1. The summed E-state index contributed by atoms with van der Waals surface area (Å²) in [6, 6.07) is 0. The van der Waals surface area contributed by atoms with Gasteiger partial charge in [0.15, 0.2) is 11.6 Å². The average Bonchev–Trinajstić information content (AvgIpc) is 2.29. The van der Waals surface area contributed by atoms with Crippen molar-refractivity contribution in [2.75, 3.05) is 36.9 Å². The number of hydrogen-bond acceptors (Lipinski definition) is 5. The fourth-order valence-corrected chi connectivity index (χ4v) is 1.12. The molecule has 0 atom stereocenters. The Bertz CT molecular complexity index is 322. The summed E-state index contributed by atoms with van der Waals surface area (Å²) in [4.78, 5) is 7.80. The molecule has 90 valence electrons. The molecule has 16 heavy (non-hydrogen) atoms. The highest BCUT2D eigenvalue weighted by Crippen LogP contribution is 2.11. The van der Waals surface area contributed by atoms with E-state index in [1.165, 1.54) is 0 Å². The van der Waals surface area contributed by atoms with Gasteiger partial charge in [-0.3, -0.25) is 0 Å². The van der Waals surface area contributed by atoms with E-state index in [4.69, 9.17) is 4.74 Å². The van der Waals surface area contributed by atoms with Crippen LogP contribution in [0.4, 0.5) is 16.2 Å². The molecular formula is C10H17FN4O. The predicted molar refractivity (Wildman–Crippen MR) is 61.1 cm³/mol. The summed E-state index contributed by atoms with van der Waals surface area (Å²) in [5.74, 6) is 0.159. The maximum absolute atomic E-state index is 13.3. The number of anilines is 2. The molecule has 0 unspecified atom stereocenters. The molecule has 0 spiro atoms. The van der Waals surface area contributed by atoms with Crippen molar-refractivity contribution < 1.29 is 9.13 Å². The molecule has 0 aliphatic carbocycles. The van der Waals surface area contributed by atoms with E-state index in [1.807, 2.05) is 13.8 Å². The van der Waals surface area contributed by atoms with Gasteiger partial charge in [-0.1, -0.05) is 0 Å². The predicted octanol–water partition coefficient (Wildman–Crippen LogP) is 1.50. The van der Waals surface area contributed by atoms with Gasteiger partial charge in [-0.25, -0.2) is 9.37 Å². The Morgan fingerprint density at radius 3 is 2.88 bits per heavy atom. The van der Waals surface area contributed by atoms with Crippen molar-refractivity contribution in [2.45, 2.75) is 13.8 Å². The minimum absolute atomic E-state index is 0.200. The monoisotopic (exact) mass is 228 g/mol. The topological polar surface area (TPSA) is 59.1 Å². The van der Waals surface area contributed by atoms with Crippen LogP contribution in [0.5, 0.6) is 0 Å². The zero-order valence-electron chi connectivity index (χ0n) is 9.59. The third kappa shape index (κ3) is 3.98. The molecule has 0 aromatic carbocycles. The SMILES string of the molecule is CCNc1ncc(F)c(NCCOCC)n1. The summed E-state index contributed by atoms with van der Waals surface area (Å²) in [5.41, 5.74) is 0. The number of hydrogen-bond donors (Lipinski definition) is 2. The van der Waals surface area contributed by atoms with Gasteiger partial charge in [-0.05, 0) is 13.8 Å². The van der Waals surface area contributed by atoms with Crippen LogP contribution in [0.3, 0.4) is 0 Å². The fourth-order valence-electron chi connectivity index (χ4n) is 1.12. The first-order chi connectivity index (χ1) is 7.77. The number of aromatic nitrogens is 2. The van der Waals surface area contributed by atoms with Gasteiger partial charge in [-0.2, -0.15) is 4.98 Å². The minimum atomic E-state index is -0.460. The molecule has 6 heteroatoms. The zero-order valence-corrected chi connectivity index (χ0v) is 9.59. The van der Waals surface area contributed by atoms with Gasteiger partial charge in [0.1, 0.15) is 0 Å². The molecule has 5 nitrogen and oxygen atoms in total. The van der Waals surface area contributed by atoms with Crippen LogP contribution in [0, 0.1) is 5.82 Å². The number of ether oxygens (including phenoxy) is 1. The molecule has 1 aromatic heterocycles. The second kappa shape index (κ2) is 6.95. The van der Waals surface area contributed by atoms with Crippen LogP contribution in [0.1, 0.15) is 13.8 Å². The molecule has 0 saturated heterocycles. The quantitative estimate of drug-likeness (QED) is 0.692. The summed E-state index contributed by atoms with van der Waals surface area (Å²) in [6.07, 6.45) is 1.15. The van der Waals surface area contributed by atoms with Crippen LogP contribution < -0.4 is 10.6 Å². The molecular weight excluding hydrogens is 211 g/mol. The van der Waals surface area contributed by atoms with Gasteiger partial charge < -0.3 is 15.4 Å². The van der Waals surface area contributed by atoms with Crippen LogP contribution in [-0.2, 0) is 4.74 Å². The van der Waals surface area contributed by atoms with Crippen LogP contribution in [0.2, 0.25) is 0 Å². The standard InChI is InChI=1S/C10H17FN4O/c1-3-12-10-14-7-8(11)9(15-10)13-5-6-16-4-2/h7H,3-6H2,1-2H3,(H2,12,13,14,15). The summed E-state index contributed by atoms with van der Waals surface area (Å²) >= 11 is 0. The van der Waals surface area contributed by atoms with E-state index >= 15 is 0 Å². The molecule has 0 fully saturated rings. The summed E-state index contributed by atoms with van der Waals surface area (Å²) in [5, 5.41) is 5.77. The lowest BCUT2D eigenvalue weighted by atomic mass is 10.5. The Kier molecular flexibility index (Phi) is 5.49. The fraction of sp³-hybridized carbons (Fsp3) is 0.600. The summed E-state index contributed by atoms with van der Waals surface area (Å²) in [6.45, 7) is 6.23. The zero-order chi connectivity index (χ0) is 11.8. The lowest BCUT2D eigenvalue weighted by Crippen LogP contribution is -2.13. The average molecular weight is 228 g/mol. The van der Waals surface area contributed by atoms with Crippen LogP contribution >= 0.6 is 0 Å². The van der Waals surface area contributed by atoms with Crippen LogP contribution in [0.25, 0.3) is 0 Å². The van der Waals surface area contributed by atoms with Gasteiger partial charge in [0, 0.05) is 19.7 Å². The van der Waals surface area contributed by atoms with Crippen molar-refractivity contribution >= 4 is 11.8 Å². The highest BCUT2D eigenvalue weighted by Gasteiger charge is 2.05. The maximum Gasteiger partial charge on any atom is 0.224 e. The van der Waals surface area contributed by atoms with Gasteiger partial charge in [0.25, 0.3) is 0 Å². The van der Waals surface area contributed by atoms with E-state index in [0.717, 1.165) is 6.20 Å². The third-order valence-corrected chi connectivity index (χ3v) is 1.82. The first-order valence-electron chi connectivity index (χ1n) is 5.36. The second-order valence-electron chi connectivity index (χ2n) is 3.04. The molecule has 0 aliphatic rings. The normalized spacial score (nSPS) is 10.2. The van der Waals surface area contributed by atoms with Crippen molar-refractivity contribution in [3.8, 4) is 0 Å². The molecule has 1 rings (SSSR count). The molecule has 1 aromatic rings. The molecule has 0 radical (unpaired) electrons. The van der Waals surface area contributed by atoms with Crippen LogP contribution in [-0.4, -0.2) is 36.3 Å². The van der Waals surface area contributed by atoms with Gasteiger partial charge in [-0.15, -0.1) is 0 Å². The lowest BCUT2D eigenvalue weighted by molar-refractivity contribution is 0.158. The van der Waals surface area contributed by atoms with E-state index in [1.54, 1.807) is 0 Å². The van der Waals surface area contributed by atoms with Crippen molar-refractivity contribution in [1.82, 2.24) is 9.97 Å². The second-order valence-corrected chi connectivity index (χ2v) is 3.04. The first-order valence-corrected chi connectivity index (χ1v) is 5.36. The van der Waals surface area contributed by atoms with E-state index in [0.29, 0.717) is 32.3 Å². The molecule has 0 bridgehead atoms. The Morgan fingerprint density at radius 2 is 2.19 bits per heavy atom. The molecule has 0 aliphatic heterocycles. The Morgan fingerprint density at radius 1 is 1.38 bits per heavy atom. The van der Waals surface area contributed by atoms with E-state index in [9.17, 15) is 4.39 Å². The Balaban J connectivity index is 2.52. The molecule has 1 heterocycles. The van der Waals surface area contributed by atoms with Gasteiger partial charge in [0.05, 0.1) is 12.8 Å². The minimum Gasteiger partial charge on any atom is -0.380 e. The molecule has 2 N–H and O–H groups in total. The maximum atomic E-state index is 13.3. The largest absolute Gasteiger partial charge is 0.380 e. The number of rotatable bonds is 7. The third-order valence-electron chi connectivity index (χ3n) is 1.82. The van der Waals surface area contributed by atoms with Crippen molar-refractivity contribution in [3.05, 3.63) is 12.0 Å². The highest BCUT2D eigenvalue weighted by molar-refractivity contribution is 5.40. The summed E-state index contributed by atoms with van der Waals surface area (Å²) < 4.78 is 18.4.